The van der Waals surface area contributed by atoms with Crippen molar-refractivity contribution in [3.63, 3.8) is 0 Å². The zero-order valence-electron chi connectivity index (χ0n) is 5.22. The molecular weight excluding hydrogens is 119 g/mol. The Morgan fingerprint density at radius 2 is 1.88 bits per heavy atom. The molecule has 0 radical (unpaired) electrons. The molecule has 0 aromatic heterocycles. The van der Waals surface area contributed by atoms with Gasteiger partial charge in [-0.1, -0.05) is 0 Å². The first-order valence-corrected chi connectivity index (χ1v) is 3.87. The normalized spacial score (nSPS) is 7.00. The van der Waals surface area contributed by atoms with E-state index < -0.39 is 5.97 Å². The van der Waals surface area contributed by atoms with Crippen LogP contribution in [0.4, 0.5) is 0 Å². The number of rotatable bonds is 1. The summed E-state index contributed by atoms with van der Waals surface area (Å²) in [4.78, 5) is 9.00. The van der Waals surface area contributed by atoms with Crippen molar-refractivity contribution in [3.8, 4) is 0 Å². The van der Waals surface area contributed by atoms with Crippen LogP contribution in [-0.4, -0.2) is 50.7 Å². The Hall–Kier alpha value is 0.430. The molecule has 0 aliphatic carbocycles. The fourth-order valence-electron chi connectivity index (χ4n) is 0. The van der Waals surface area contributed by atoms with Crippen molar-refractivity contribution in [2.45, 2.75) is 10.6 Å². The molecule has 0 saturated carbocycles. The number of carbonyl (C=O) groups is 1. The van der Waals surface area contributed by atoms with Crippen LogP contribution in [-0.2, 0) is 4.79 Å². The predicted octanol–water partition coefficient (Wildman–Crippen LogP) is -0.344. The molecule has 0 unspecified atom stereocenters. The zero-order chi connectivity index (χ0) is 6.99. The molecule has 0 atom stereocenters. The molecule has 0 spiro atoms. The molecule has 0 aliphatic rings. The van der Waals surface area contributed by atoms with Gasteiger partial charge in [-0.2, -0.15) is 0 Å². The van der Waals surface area contributed by atoms with Crippen molar-refractivity contribution >= 4 is 33.9 Å². The Morgan fingerprint density at radius 3 is 1.88 bits per heavy atom. The van der Waals surface area contributed by atoms with E-state index in [4.69, 9.17) is 15.0 Å². The second-order valence-electron chi connectivity index (χ2n) is 1.24. The molecule has 4 heteroatoms. The molecule has 0 heterocycles. The molecule has 0 saturated heterocycles. The van der Waals surface area contributed by atoms with Crippen molar-refractivity contribution in [1.82, 2.24) is 0 Å². The van der Waals surface area contributed by atoms with Crippen LogP contribution in [0.25, 0.3) is 0 Å². The molecule has 0 amide bonds. The van der Waals surface area contributed by atoms with Gasteiger partial charge in [0, 0.05) is 6.92 Å². The topological polar surface area (TPSA) is 57.5 Å². The van der Waals surface area contributed by atoms with Gasteiger partial charge >= 0.3 is 43.3 Å². The summed E-state index contributed by atoms with van der Waals surface area (Å²) in [5.41, 5.74) is 0. The molecule has 2 N–H and O–H groups in total. The first-order chi connectivity index (χ1) is 3.65. The first-order valence-electron chi connectivity index (χ1n) is 2.45. The number of carboxylic acid groups (broad SMARTS) is 1. The Bertz CT molecular complexity index is 49.2. The Labute approximate surface area is 66.1 Å². The SMILES string of the molecule is CC(=O)O.OC[CH2][Na]. The van der Waals surface area contributed by atoms with Crippen molar-refractivity contribution in [2.75, 3.05) is 6.61 Å². The van der Waals surface area contributed by atoms with Gasteiger partial charge in [-0.15, -0.1) is 0 Å². The van der Waals surface area contributed by atoms with Crippen molar-refractivity contribution in [3.05, 3.63) is 0 Å². The number of aliphatic hydroxyl groups is 1. The van der Waals surface area contributed by atoms with Crippen molar-refractivity contribution in [2.24, 2.45) is 0 Å². The Morgan fingerprint density at radius 1 is 1.75 bits per heavy atom. The van der Waals surface area contributed by atoms with Gasteiger partial charge in [0.05, 0.1) is 0 Å². The maximum atomic E-state index is 9.00. The third kappa shape index (κ3) is 92.7. The van der Waals surface area contributed by atoms with E-state index in [2.05, 4.69) is 0 Å². The van der Waals surface area contributed by atoms with E-state index in [1.54, 1.807) is 0 Å². The molecule has 0 fully saturated rings. The van der Waals surface area contributed by atoms with E-state index in [0.29, 0.717) is 6.61 Å². The molecule has 0 aromatic carbocycles. The van der Waals surface area contributed by atoms with Crippen LogP contribution in [0.5, 0.6) is 0 Å². The van der Waals surface area contributed by atoms with Gasteiger partial charge in [-0.25, -0.2) is 0 Å². The molecule has 3 nitrogen and oxygen atoms in total. The summed E-state index contributed by atoms with van der Waals surface area (Å²) in [7, 11) is 0. The number of aliphatic carboxylic acids is 1. The summed E-state index contributed by atoms with van der Waals surface area (Å²) < 4.78 is 1.01. The standard InChI is InChI=1S/C2H4O2.C2H5O.Na/c1-2(3)4;1-2-3;/h1H3,(H,3,4);3H,1-2H2;. The van der Waals surface area contributed by atoms with Crippen LogP contribution in [0.15, 0.2) is 0 Å². The Balaban J connectivity index is 0. The van der Waals surface area contributed by atoms with Gasteiger partial charge in [0.25, 0.3) is 5.97 Å². The van der Waals surface area contributed by atoms with Crippen LogP contribution in [0.3, 0.4) is 0 Å². The number of aliphatic hydroxyl groups excluding tert-OH is 1. The van der Waals surface area contributed by atoms with Crippen molar-refractivity contribution in [1.29, 1.82) is 0 Å². The summed E-state index contributed by atoms with van der Waals surface area (Å²) in [5, 5.41) is 15.3. The van der Waals surface area contributed by atoms with E-state index in [1.165, 1.54) is 0 Å². The van der Waals surface area contributed by atoms with Gasteiger partial charge in [-0.05, 0) is 0 Å². The molecule has 8 heavy (non-hydrogen) atoms. The van der Waals surface area contributed by atoms with Gasteiger partial charge in [0.1, 0.15) is 0 Å². The summed E-state index contributed by atoms with van der Waals surface area (Å²) in [6.07, 6.45) is 0. The molecule has 0 aliphatic heterocycles. The van der Waals surface area contributed by atoms with E-state index in [9.17, 15) is 0 Å². The van der Waals surface area contributed by atoms with Crippen LogP contribution < -0.4 is 0 Å². The van der Waals surface area contributed by atoms with E-state index >= 15 is 0 Å². The average molecular weight is 128 g/mol. The molecule has 0 aromatic rings. The quantitative estimate of drug-likeness (QED) is 0.475. The molecule has 0 rings (SSSR count). The monoisotopic (exact) mass is 128 g/mol. The van der Waals surface area contributed by atoms with Crippen LogP contribution in [0.2, 0.25) is 3.67 Å². The summed E-state index contributed by atoms with van der Waals surface area (Å²) in [5.74, 6) is -0.833. The number of hydrogen-bond donors (Lipinski definition) is 2. The molecular formula is C4H9NaO3. The number of hydrogen-bond acceptors (Lipinski definition) is 2. The third-order valence-electron chi connectivity index (χ3n) is 0.224. The van der Waals surface area contributed by atoms with Gasteiger partial charge in [0.15, 0.2) is 0 Å². The molecule has 0 bridgehead atoms. The van der Waals surface area contributed by atoms with Gasteiger partial charge < -0.3 is 5.11 Å². The Kier molecular flexibility index (Phi) is 14.7. The fraction of sp³-hybridized carbons (Fsp3) is 0.750. The molecule has 44 valence electrons. The van der Waals surface area contributed by atoms with E-state index in [1.807, 2.05) is 0 Å². The summed E-state index contributed by atoms with van der Waals surface area (Å²) in [6, 6.07) is 0. The minimum absolute atomic E-state index is 0.381. The van der Waals surface area contributed by atoms with Crippen molar-refractivity contribution < 1.29 is 15.0 Å². The maximum absolute atomic E-state index is 9.00. The van der Waals surface area contributed by atoms with E-state index in [0.717, 1.165) is 38.5 Å². The second-order valence-corrected chi connectivity index (χ2v) is 2.24. The van der Waals surface area contributed by atoms with Crippen LogP contribution in [0.1, 0.15) is 6.92 Å². The summed E-state index contributed by atoms with van der Waals surface area (Å²) >= 11 is 1.14. The number of carboxylic acids is 1. The predicted molar refractivity (Wildman–Crippen MR) is 31.0 cm³/mol. The summed E-state index contributed by atoms with van der Waals surface area (Å²) in [6.45, 7) is 1.46. The zero-order valence-corrected chi connectivity index (χ0v) is 7.22. The van der Waals surface area contributed by atoms with E-state index in [-0.39, 0.29) is 0 Å². The first kappa shape index (κ1) is 11.3. The van der Waals surface area contributed by atoms with Crippen LogP contribution in [0, 0.1) is 0 Å². The van der Waals surface area contributed by atoms with Gasteiger partial charge in [-0.3, -0.25) is 4.79 Å². The van der Waals surface area contributed by atoms with Crippen LogP contribution >= 0.6 is 0 Å². The minimum atomic E-state index is -0.833. The second kappa shape index (κ2) is 10.4. The third-order valence-corrected chi connectivity index (χ3v) is 0.671. The average Bonchev–Trinajstić information content (AvgIpc) is 1.65. The fourth-order valence-corrected chi connectivity index (χ4v) is 0. The van der Waals surface area contributed by atoms with Gasteiger partial charge in [0.2, 0.25) is 0 Å².